The van der Waals surface area contributed by atoms with Crippen LogP contribution in [0.15, 0.2) is 42.5 Å². The van der Waals surface area contributed by atoms with Gasteiger partial charge in [0, 0.05) is 24.8 Å². The molecule has 1 fully saturated rings. The van der Waals surface area contributed by atoms with Crippen LogP contribution in [0.25, 0.3) is 0 Å². The molecule has 0 saturated carbocycles. The van der Waals surface area contributed by atoms with Gasteiger partial charge in [0.2, 0.25) is 15.9 Å². The molecule has 0 atom stereocenters. The molecule has 2 N–H and O–H groups in total. The molecule has 0 radical (unpaired) electrons. The number of amides is 2. The number of benzene rings is 2. The van der Waals surface area contributed by atoms with Crippen molar-refractivity contribution in [3.63, 3.8) is 0 Å². The normalized spacial score (nSPS) is 15.7. The second-order valence-corrected chi connectivity index (χ2v) is 8.89. The predicted molar refractivity (Wildman–Crippen MR) is 111 cm³/mol. The third-order valence-electron chi connectivity index (χ3n) is 4.29. The quantitative estimate of drug-likeness (QED) is 0.789. The molecule has 9 heteroatoms. The van der Waals surface area contributed by atoms with Crippen LogP contribution in [0.3, 0.4) is 0 Å². The number of rotatable bonds is 4. The Kier molecular flexibility index (Phi) is 5.90. The number of anilines is 3. The SMILES string of the molecule is CC(=O)Nc1ccc(NC(=O)c2cc(N3CCCCS3(=O)=O)ccc2Cl)cc1. The number of nitrogens with one attached hydrogen (secondary N) is 2. The van der Waals surface area contributed by atoms with Crippen LogP contribution in [-0.4, -0.2) is 32.5 Å². The molecule has 0 aliphatic carbocycles. The Morgan fingerprint density at radius 3 is 2.25 bits per heavy atom. The van der Waals surface area contributed by atoms with Crippen molar-refractivity contribution in [3.8, 4) is 0 Å². The van der Waals surface area contributed by atoms with Crippen molar-refractivity contribution < 1.29 is 18.0 Å². The molecule has 0 spiro atoms. The van der Waals surface area contributed by atoms with Gasteiger partial charge in [-0.05, 0) is 55.3 Å². The Hall–Kier alpha value is -2.58. The zero-order valence-electron chi connectivity index (χ0n) is 15.2. The van der Waals surface area contributed by atoms with Crippen LogP contribution in [0, 0.1) is 0 Å². The summed E-state index contributed by atoms with van der Waals surface area (Å²) in [5, 5.41) is 5.60. The fourth-order valence-corrected chi connectivity index (χ4v) is 4.79. The summed E-state index contributed by atoms with van der Waals surface area (Å²) in [6.07, 6.45) is 1.40. The Morgan fingerprint density at radius 2 is 1.64 bits per heavy atom. The van der Waals surface area contributed by atoms with E-state index in [0.717, 1.165) is 6.42 Å². The van der Waals surface area contributed by atoms with Gasteiger partial charge in [0.15, 0.2) is 0 Å². The summed E-state index contributed by atoms with van der Waals surface area (Å²) < 4.78 is 25.9. The lowest BCUT2D eigenvalue weighted by molar-refractivity contribution is -0.114. The topological polar surface area (TPSA) is 95.6 Å². The fourth-order valence-electron chi connectivity index (χ4n) is 2.96. The molecule has 28 heavy (non-hydrogen) atoms. The lowest BCUT2D eigenvalue weighted by Crippen LogP contribution is -2.38. The second kappa shape index (κ2) is 8.20. The highest BCUT2D eigenvalue weighted by atomic mass is 35.5. The molecular weight excluding hydrogens is 402 g/mol. The van der Waals surface area contributed by atoms with Gasteiger partial charge in [-0.2, -0.15) is 0 Å². The van der Waals surface area contributed by atoms with E-state index in [1.165, 1.54) is 23.4 Å². The summed E-state index contributed by atoms with van der Waals surface area (Å²) in [5.41, 5.74) is 1.74. The number of sulfonamides is 1. The Morgan fingerprint density at radius 1 is 1.00 bits per heavy atom. The van der Waals surface area contributed by atoms with Crippen LogP contribution in [0.5, 0.6) is 0 Å². The molecule has 1 heterocycles. The fraction of sp³-hybridized carbons (Fsp3) is 0.263. The molecule has 0 bridgehead atoms. The monoisotopic (exact) mass is 421 g/mol. The summed E-state index contributed by atoms with van der Waals surface area (Å²) in [5.74, 6) is -0.542. The summed E-state index contributed by atoms with van der Waals surface area (Å²) >= 11 is 6.17. The van der Waals surface area contributed by atoms with Crippen molar-refractivity contribution in [1.29, 1.82) is 0 Å². The van der Waals surface area contributed by atoms with E-state index in [4.69, 9.17) is 11.6 Å². The maximum absolute atomic E-state index is 12.7. The highest BCUT2D eigenvalue weighted by Gasteiger charge is 2.27. The van der Waals surface area contributed by atoms with Crippen LogP contribution in [0.1, 0.15) is 30.1 Å². The average Bonchev–Trinajstić information content (AvgIpc) is 2.63. The molecule has 2 aromatic carbocycles. The molecule has 7 nitrogen and oxygen atoms in total. The maximum Gasteiger partial charge on any atom is 0.257 e. The Labute approximate surface area is 168 Å². The number of hydrogen-bond acceptors (Lipinski definition) is 4. The van der Waals surface area contributed by atoms with Crippen LogP contribution >= 0.6 is 11.6 Å². The van der Waals surface area contributed by atoms with E-state index in [2.05, 4.69) is 10.6 Å². The molecular formula is C19H20ClN3O4S. The van der Waals surface area contributed by atoms with Gasteiger partial charge in [0.1, 0.15) is 0 Å². The molecule has 1 aliphatic rings. The van der Waals surface area contributed by atoms with Gasteiger partial charge in [0.25, 0.3) is 5.91 Å². The average molecular weight is 422 g/mol. The van der Waals surface area contributed by atoms with Gasteiger partial charge in [0.05, 0.1) is 22.0 Å². The minimum absolute atomic E-state index is 0.0950. The van der Waals surface area contributed by atoms with Crippen LogP contribution in [0.2, 0.25) is 5.02 Å². The molecule has 1 aliphatic heterocycles. The van der Waals surface area contributed by atoms with Crippen LogP contribution < -0.4 is 14.9 Å². The number of halogens is 1. The summed E-state index contributed by atoms with van der Waals surface area (Å²) in [6.45, 7) is 1.79. The number of hydrogen-bond donors (Lipinski definition) is 2. The third kappa shape index (κ3) is 4.63. The van der Waals surface area contributed by atoms with E-state index in [-0.39, 0.29) is 22.2 Å². The van der Waals surface area contributed by atoms with Crippen molar-refractivity contribution in [2.75, 3.05) is 27.2 Å². The first-order chi connectivity index (χ1) is 13.3. The van der Waals surface area contributed by atoms with Gasteiger partial charge in [-0.1, -0.05) is 11.6 Å². The predicted octanol–water partition coefficient (Wildman–Crippen LogP) is 3.48. The zero-order valence-corrected chi connectivity index (χ0v) is 16.8. The van der Waals surface area contributed by atoms with Crippen molar-refractivity contribution in [3.05, 3.63) is 53.1 Å². The van der Waals surface area contributed by atoms with E-state index in [0.29, 0.717) is 30.0 Å². The van der Waals surface area contributed by atoms with Crippen molar-refractivity contribution in [2.24, 2.45) is 0 Å². The molecule has 0 aromatic heterocycles. The summed E-state index contributed by atoms with van der Waals surface area (Å²) in [6, 6.07) is 11.2. The van der Waals surface area contributed by atoms with E-state index in [9.17, 15) is 18.0 Å². The first-order valence-corrected chi connectivity index (χ1v) is 10.7. The summed E-state index contributed by atoms with van der Waals surface area (Å²) in [4.78, 5) is 23.7. The minimum atomic E-state index is -3.38. The first-order valence-electron chi connectivity index (χ1n) is 8.75. The Balaban J connectivity index is 1.81. The zero-order chi connectivity index (χ0) is 20.3. The standard InChI is InChI=1S/C19H20ClN3O4S/c1-13(24)21-14-4-6-15(7-5-14)22-19(25)17-12-16(8-9-18(17)20)23-10-2-3-11-28(23,26)27/h4-9,12H,2-3,10-11H2,1H3,(H,21,24)(H,22,25). The van der Waals surface area contributed by atoms with E-state index >= 15 is 0 Å². The van der Waals surface area contributed by atoms with Gasteiger partial charge < -0.3 is 10.6 Å². The third-order valence-corrected chi connectivity index (χ3v) is 6.49. The van der Waals surface area contributed by atoms with Gasteiger partial charge in [-0.25, -0.2) is 8.42 Å². The molecule has 148 valence electrons. The van der Waals surface area contributed by atoms with Crippen molar-refractivity contribution >= 4 is 50.5 Å². The summed E-state index contributed by atoms with van der Waals surface area (Å²) in [7, 11) is -3.38. The highest BCUT2D eigenvalue weighted by Crippen LogP contribution is 2.28. The molecule has 2 aromatic rings. The van der Waals surface area contributed by atoms with Gasteiger partial charge in [-0.15, -0.1) is 0 Å². The number of carbonyl (C=O) groups excluding carboxylic acids is 2. The minimum Gasteiger partial charge on any atom is -0.326 e. The maximum atomic E-state index is 12.7. The molecule has 1 saturated heterocycles. The number of nitrogens with zero attached hydrogens (tertiary/aromatic N) is 1. The number of carbonyl (C=O) groups is 2. The van der Waals surface area contributed by atoms with Crippen molar-refractivity contribution in [2.45, 2.75) is 19.8 Å². The van der Waals surface area contributed by atoms with E-state index in [1.54, 1.807) is 30.3 Å². The molecule has 2 amide bonds. The van der Waals surface area contributed by atoms with Gasteiger partial charge >= 0.3 is 0 Å². The van der Waals surface area contributed by atoms with Gasteiger partial charge in [-0.3, -0.25) is 13.9 Å². The smallest absolute Gasteiger partial charge is 0.257 e. The lowest BCUT2D eigenvalue weighted by atomic mass is 10.1. The van der Waals surface area contributed by atoms with Crippen LogP contribution in [-0.2, 0) is 14.8 Å². The van der Waals surface area contributed by atoms with E-state index in [1.807, 2.05) is 0 Å². The largest absolute Gasteiger partial charge is 0.326 e. The molecule has 0 unspecified atom stereocenters. The Bertz CT molecular complexity index is 1010. The van der Waals surface area contributed by atoms with E-state index < -0.39 is 15.9 Å². The lowest BCUT2D eigenvalue weighted by Gasteiger charge is -2.28. The van der Waals surface area contributed by atoms with Crippen LogP contribution in [0.4, 0.5) is 17.1 Å². The van der Waals surface area contributed by atoms with Crippen molar-refractivity contribution in [1.82, 2.24) is 0 Å². The first kappa shape index (κ1) is 20.2. The second-order valence-electron chi connectivity index (χ2n) is 6.47. The molecule has 3 rings (SSSR count). The highest BCUT2D eigenvalue weighted by molar-refractivity contribution is 7.92.